The molecule has 0 saturated carbocycles. The number of methoxy groups -OCH3 is 1. The topological polar surface area (TPSA) is 118 Å². The first-order valence-corrected chi connectivity index (χ1v) is 6.94. The number of thiazole rings is 1. The van der Waals surface area contributed by atoms with Gasteiger partial charge < -0.3 is 20.5 Å². The summed E-state index contributed by atoms with van der Waals surface area (Å²) in [7, 11) is 1.15. The summed E-state index contributed by atoms with van der Waals surface area (Å²) in [5.41, 5.74) is 0. The average molecular weight is 315 g/mol. The van der Waals surface area contributed by atoms with Gasteiger partial charge in [-0.25, -0.2) is 14.6 Å². The Labute approximate surface area is 125 Å². The van der Waals surface area contributed by atoms with Crippen LogP contribution >= 0.6 is 11.3 Å². The van der Waals surface area contributed by atoms with Crippen LogP contribution in [0.4, 0.5) is 4.79 Å². The van der Waals surface area contributed by atoms with Gasteiger partial charge >= 0.3 is 18.0 Å². The average Bonchev–Trinajstić information content (AvgIpc) is 2.84. The molecule has 8 nitrogen and oxygen atoms in total. The molecule has 116 valence electrons. The number of ether oxygens (including phenoxy) is 1. The highest BCUT2D eigenvalue weighted by Gasteiger charge is 2.24. The third-order valence-electron chi connectivity index (χ3n) is 2.56. The van der Waals surface area contributed by atoms with Gasteiger partial charge in [0, 0.05) is 11.1 Å². The Hall–Kier alpha value is -2.16. The molecule has 0 aliphatic heterocycles. The molecule has 0 saturated heterocycles. The lowest BCUT2D eigenvalue weighted by Crippen LogP contribution is -2.47. The summed E-state index contributed by atoms with van der Waals surface area (Å²) in [4.78, 5) is 39.0. The molecule has 1 aromatic heterocycles. The quantitative estimate of drug-likeness (QED) is 0.669. The third kappa shape index (κ3) is 5.38. The molecule has 0 bridgehead atoms. The van der Waals surface area contributed by atoms with Gasteiger partial charge in [-0.05, 0) is 13.8 Å². The second-order valence-corrected chi connectivity index (χ2v) is 5.59. The molecule has 2 atom stereocenters. The molecular weight excluding hydrogens is 298 g/mol. The summed E-state index contributed by atoms with van der Waals surface area (Å²) in [6, 6.07) is -2.40. The number of amides is 2. The van der Waals surface area contributed by atoms with E-state index >= 15 is 0 Å². The van der Waals surface area contributed by atoms with Gasteiger partial charge in [0.15, 0.2) is 0 Å². The fraction of sp³-hybridized carbons (Fsp3) is 0.500. The maximum Gasteiger partial charge on any atom is 0.326 e. The van der Waals surface area contributed by atoms with Crippen LogP contribution in [0.25, 0.3) is 0 Å². The molecular formula is C12H17N3O5S. The van der Waals surface area contributed by atoms with Crippen LogP contribution < -0.4 is 10.6 Å². The molecule has 0 aliphatic carbocycles. The minimum Gasteiger partial charge on any atom is -0.480 e. The summed E-state index contributed by atoms with van der Waals surface area (Å²) < 4.78 is 4.38. The SMILES string of the molecule is COC(=O)C[C@H](NC(=O)NC(C)c1ncc(C)s1)C(=O)O. The summed E-state index contributed by atoms with van der Waals surface area (Å²) >= 11 is 1.43. The van der Waals surface area contributed by atoms with Crippen LogP contribution in [0.5, 0.6) is 0 Å². The highest BCUT2D eigenvalue weighted by Crippen LogP contribution is 2.18. The maximum atomic E-state index is 11.8. The van der Waals surface area contributed by atoms with E-state index < -0.39 is 30.4 Å². The van der Waals surface area contributed by atoms with E-state index in [1.807, 2.05) is 6.92 Å². The first kappa shape index (κ1) is 16.9. The summed E-state index contributed by atoms with van der Waals surface area (Å²) in [6.45, 7) is 3.62. The Morgan fingerprint density at radius 3 is 2.57 bits per heavy atom. The van der Waals surface area contributed by atoms with Gasteiger partial charge in [0.25, 0.3) is 0 Å². The second-order valence-electron chi connectivity index (χ2n) is 4.32. The van der Waals surface area contributed by atoms with Gasteiger partial charge in [-0.2, -0.15) is 0 Å². The lowest BCUT2D eigenvalue weighted by atomic mass is 10.2. The van der Waals surface area contributed by atoms with Crippen molar-refractivity contribution in [2.24, 2.45) is 0 Å². The highest BCUT2D eigenvalue weighted by molar-refractivity contribution is 7.11. The van der Waals surface area contributed by atoms with Crippen LogP contribution in [0.15, 0.2) is 6.20 Å². The lowest BCUT2D eigenvalue weighted by Gasteiger charge is -2.16. The molecule has 0 radical (unpaired) electrons. The normalized spacial score (nSPS) is 13.1. The largest absolute Gasteiger partial charge is 0.480 e. The Kier molecular flexibility index (Phi) is 6.10. The Balaban J connectivity index is 2.57. The number of aryl methyl sites for hydroxylation is 1. The van der Waals surface area contributed by atoms with E-state index in [1.54, 1.807) is 13.1 Å². The molecule has 3 N–H and O–H groups in total. The molecule has 2 amide bonds. The van der Waals surface area contributed by atoms with Crippen molar-refractivity contribution in [2.75, 3.05) is 7.11 Å². The van der Waals surface area contributed by atoms with Crippen LogP contribution in [-0.2, 0) is 14.3 Å². The molecule has 0 aliphatic rings. The zero-order valence-electron chi connectivity index (χ0n) is 11.9. The number of rotatable bonds is 6. The van der Waals surface area contributed by atoms with Crippen molar-refractivity contribution in [3.8, 4) is 0 Å². The van der Waals surface area contributed by atoms with Crippen molar-refractivity contribution >= 4 is 29.3 Å². The zero-order valence-corrected chi connectivity index (χ0v) is 12.7. The van der Waals surface area contributed by atoms with Crippen molar-refractivity contribution in [3.63, 3.8) is 0 Å². The molecule has 21 heavy (non-hydrogen) atoms. The molecule has 9 heteroatoms. The monoisotopic (exact) mass is 315 g/mol. The van der Waals surface area contributed by atoms with Crippen LogP contribution in [-0.4, -0.2) is 41.2 Å². The van der Waals surface area contributed by atoms with E-state index in [1.165, 1.54) is 11.3 Å². The van der Waals surface area contributed by atoms with Gasteiger partial charge in [0.1, 0.15) is 11.0 Å². The first-order chi connectivity index (χ1) is 9.83. The van der Waals surface area contributed by atoms with Crippen LogP contribution in [0.2, 0.25) is 0 Å². The van der Waals surface area contributed by atoms with Gasteiger partial charge in [-0.3, -0.25) is 4.79 Å². The number of carbonyl (C=O) groups excluding carboxylic acids is 2. The minimum absolute atomic E-state index is 0.365. The number of aliphatic carboxylic acids is 1. The summed E-state index contributed by atoms with van der Waals surface area (Å²) in [5, 5.41) is 14.5. The van der Waals surface area contributed by atoms with Crippen LogP contribution in [0.3, 0.4) is 0 Å². The van der Waals surface area contributed by atoms with Gasteiger partial charge in [-0.15, -0.1) is 11.3 Å². The van der Waals surface area contributed by atoms with E-state index in [2.05, 4.69) is 20.4 Å². The number of aromatic nitrogens is 1. The van der Waals surface area contributed by atoms with E-state index in [4.69, 9.17) is 5.11 Å². The summed E-state index contributed by atoms with van der Waals surface area (Å²) in [5.74, 6) is -2.03. The Bertz CT molecular complexity index is 531. The van der Waals surface area contributed by atoms with Crippen LogP contribution in [0, 0.1) is 6.92 Å². The fourth-order valence-electron chi connectivity index (χ4n) is 1.48. The number of carboxylic acid groups (broad SMARTS) is 1. The highest BCUT2D eigenvalue weighted by atomic mass is 32.1. The van der Waals surface area contributed by atoms with E-state index in [-0.39, 0.29) is 6.04 Å². The molecule has 1 unspecified atom stereocenters. The Morgan fingerprint density at radius 1 is 1.43 bits per heavy atom. The van der Waals surface area contributed by atoms with E-state index in [0.29, 0.717) is 5.01 Å². The van der Waals surface area contributed by atoms with Crippen molar-refractivity contribution in [3.05, 3.63) is 16.1 Å². The zero-order chi connectivity index (χ0) is 16.0. The van der Waals surface area contributed by atoms with Gasteiger partial charge in [-0.1, -0.05) is 0 Å². The number of urea groups is 1. The maximum absolute atomic E-state index is 11.8. The standard InChI is InChI=1S/C12H17N3O5S/c1-6-5-13-10(21-6)7(2)14-12(19)15-8(11(17)18)4-9(16)20-3/h5,7-8H,4H2,1-3H3,(H,17,18)(H2,14,15,19)/t7?,8-/m0/s1. The predicted molar refractivity (Wildman–Crippen MR) is 75.0 cm³/mol. The molecule has 1 heterocycles. The fourth-order valence-corrected chi connectivity index (χ4v) is 2.26. The van der Waals surface area contributed by atoms with Crippen molar-refractivity contribution < 1.29 is 24.2 Å². The van der Waals surface area contributed by atoms with Gasteiger partial charge in [0.2, 0.25) is 0 Å². The minimum atomic E-state index is -1.34. The van der Waals surface area contributed by atoms with E-state index in [0.717, 1.165) is 12.0 Å². The molecule has 0 fully saturated rings. The predicted octanol–water partition coefficient (Wildman–Crippen LogP) is 0.828. The molecule has 1 rings (SSSR count). The number of hydrogen-bond acceptors (Lipinski definition) is 6. The molecule has 1 aromatic rings. The van der Waals surface area contributed by atoms with E-state index in [9.17, 15) is 14.4 Å². The van der Waals surface area contributed by atoms with Crippen molar-refractivity contribution in [1.29, 1.82) is 0 Å². The van der Waals surface area contributed by atoms with Gasteiger partial charge in [0.05, 0.1) is 19.6 Å². The Morgan fingerprint density at radius 2 is 2.10 bits per heavy atom. The first-order valence-electron chi connectivity index (χ1n) is 6.12. The van der Waals surface area contributed by atoms with Crippen LogP contribution in [0.1, 0.15) is 29.3 Å². The molecule has 0 spiro atoms. The number of hydrogen-bond donors (Lipinski definition) is 3. The summed E-state index contributed by atoms with van der Waals surface area (Å²) in [6.07, 6.45) is 1.25. The van der Waals surface area contributed by atoms with Crippen molar-refractivity contribution in [1.82, 2.24) is 15.6 Å². The lowest BCUT2D eigenvalue weighted by molar-refractivity contribution is -0.147. The third-order valence-corrected chi connectivity index (χ3v) is 3.65. The van der Waals surface area contributed by atoms with Crippen molar-refractivity contribution in [2.45, 2.75) is 32.4 Å². The molecule has 0 aromatic carbocycles. The smallest absolute Gasteiger partial charge is 0.326 e. The second kappa shape index (κ2) is 7.58. The number of nitrogens with one attached hydrogen (secondary N) is 2. The number of esters is 1. The number of carbonyl (C=O) groups is 3. The number of nitrogens with zero attached hydrogens (tertiary/aromatic N) is 1. The number of carboxylic acids is 1.